The van der Waals surface area contributed by atoms with Crippen LogP contribution in [0.4, 0.5) is 0 Å². The molecule has 0 radical (unpaired) electrons. The lowest BCUT2D eigenvalue weighted by Gasteiger charge is -2.19. The zero-order chi connectivity index (χ0) is 19.2. The number of carbonyl (C=O) groups excluding carboxylic acids is 1. The van der Waals surface area contributed by atoms with Crippen LogP contribution >= 0.6 is 11.3 Å². The molecule has 3 rings (SSSR count). The fraction of sp³-hybridized carbons (Fsp3) is 0.350. The van der Waals surface area contributed by atoms with E-state index in [2.05, 4.69) is 0 Å². The van der Waals surface area contributed by atoms with Crippen LogP contribution < -0.4 is 11.3 Å². The Morgan fingerprint density at radius 1 is 1.15 bits per heavy atom. The van der Waals surface area contributed by atoms with Gasteiger partial charge in [-0.3, -0.25) is 14.2 Å². The molecule has 0 spiro atoms. The number of thiophene rings is 1. The van der Waals surface area contributed by atoms with Crippen molar-refractivity contribution < 1.29 is 4.79 Å². The number of fused-ring (bicyclic) bond motifs is 1. The Kier molecular flexibility index (Phi) is 4.71. The summed E-state index contributed by atoms with van der Waals surface area (Å²) in [6, 6.07) is 7.34. The van der Waals surface area contributed by atoms with E-state index in [9.17, 15) is 9.59 Å². The minimum absolute atomic E-state index is 0.000805. The van der Waals surface area contributed by atoms with Crippen molar-refractivity contribution in [2.75, 3.05) is 0 Å². The van der Waals surface area contributed by atoms with Crippen LogP contribution in [0.5, 0.6) is 0 Å². The van der Waals surface area contributed by atoms with E-state index in [0.717, 1.165) is 21.6 Å². The highest BCUT2D eigenvalue weighted by atomic mass is 32.1. The number of carbonyl (C=O) groups is 1. The number of nitrogens with zero attached hydrogens (tertiary/aromatic N) is 2. The van der Waals surface area contributed by atoms with Gasteiger partial charge in [0.05, 0.1) is 5.39 Å². The number of benzene rings is 1. The van der Waals surface area contributed by atoms with Gasteiger partial charge in [0.25, 0.3) is 5.56 Å². The minimum Gasteiger partial charge on any atom is -0.368 e. The minimum atomic E-state index is -0.747. The maximum absolute atomic E-state index is 13.4. The average molecular weight is 369 g/mol. The molecule has 26 heavy (non-hydrogen) atoms. The second-order valence-electron chi connectivity index (χ2n) is 6.96. The number of primary amides is 1. The van der Waals surface area contributed by atoms with Crippen molar-refractivity contribution >= 4 is 27.5 Å². The SMILES string of the molecule is Cc1ccc(-c2c(C)sc3nc(C(C)C)n(C(C)C(N)=O)c(=O)c23)cc1. The number of aromatic nitrogens is 2. The lowest BCUT2D eigenvalue weighted by atomic mass is 10.0. The van der Waals surface area contributed by atoms with Crippen molar-refractivity contribution in [1.82, 2.24) is 9.55 Å². The molecule has 0 saturated heterocycles. The van der Waals surface area contributed by atoms with Gasteiger partial charge in [0.2, 0.25) is 5.91 Å². The van der Waals surface area contributed by atoms with Crippen molar-refractivity contribution in [3.05, 3.63) is 50.9 Å². The van der Waals surface area contributed by atoms with Crippen molar-refractivity contribution in [3.8, 4) is 11.1 Å². The van der Waals surface area contributed by atoms with E-state index in [1.165, 1.54) is 15.9 Å². The zero-order valence-corrected chi connectivity index (χ0v) is 16.5. The molecule has 0 fully saturated rings. The van der Waals surface area contributed by atoms with Gasteiger partial charge in [0.1, 0.15) is 16.7 Å². The van der Waals surface area contributed by atoms with Gasteiger partial charge in [-0.2, -0.15) is 0 Å². The number of hydrogen-bond acceptors (Lipinski definition) is 4. The Hall–Kier alpha value is -2.47. The van der Waals surface area contributed by atoms with Gasteiger partial charge in [-0.05, 0) is 26.3 Å². The molecule has 0 bridgehead atoms. The third-order valence-electron chi connectivity index (χ3n) is 4.62. The van der Waals surface area contributed by atoms with Gasteiger partial charge >= 0.3 is 0 Å². The van der Waals surface area contributed by atoms with E-state index in [4.69, 9.17) is 10.7 Å². The van der Waals surface area contributed by atoms with Crippen LogP contribution in [0.2, 0.25) is 0 Å². The van der Waals surface area contributed by atoms with Crippen molar-refractivity contribution in [1.29, 1.82) is 0 Å². The predicted molar refractivity (Wildman–Crippen MR) is 107 cm³/mol. The molecule has 6 heteroatoms. The Morgan fingerprint density at radius 3 is 2.31 bits per heavy atom. The number of nitrogens with two attached hydrogens (primary N) is 1. The highest BCUT2D eigenvalue weighted by Crippen LogP contribution is 2.36. The van der Waals surface area contributed by atoms with Crippen LogP contribution in [0.15, 0.2) is 29.1 Å². The van der Waals surface area contributed by atoms with Crippen LogP contribution in [0.25, 0.3) is 21.3 Å². The lowest BCUT2D eigenvalue weighted by Crippen LogP contribution is -2.35. The van der Waals surface area contributed by atoms with Gasteiger partial charge < -0.3 is 5.73 Å². The highest BCUT2D eigenvalue weighted by Gasteiger charge is 2.25. The fourth-order valence-electron chi connectivity index (χ4n) is 3.17. The second kappa shape index (κ2) is 6.68. The molecule has 0 aliphatic heterocycles. The largest absolute Gasteiger partial charge is 0.368 e. The molecule has 2 N–H and O–H groups in total. The first-order chi connectivity index (χ1) is 12.2. The summed E-state index contributed by atoms with van der Waals surface area (Å²) in [6.07, 6.45) is 0. The Labute approximate surface area is 156 Å². The molecule has 5 nitrogen and oxygen atoms in total. The first kappa shape index (κ1) is 18.3. The molecule has 136 valence electrons. The third-order valence-corrected chi connectivity index (χ3v) is 5.62. The molecule has 1 atom stereocenters. The molecule has 1 aromatic carbocycles. The van der Waals surface area contributed by atoms with Crippen LogP contribution in [-0.4, -0.2) is 15.5 Å². The molecular formula is C20H23N3O2S. The van der Waals surface area contributed by atoms with Crippen LogP contribution in [0.1, 0.15) is 49.0 Å². The van der Waals surface area contributed by atoms with Gasteiger partial charge in [0.15, 0.2) is 0 Å². The molecule has 2 aromatic heterocycles. The summed E-state index contributed by atoms with van der Waals surface area (Å²) in [4.78, 5) is 31.7. The predicted octanol–water partition coefficient (Wildman–Crippen LogP) is 3.91. The Balaban J connectivity index is 2.41. The van der Waals surface area contributed by atoms with E-state index >= 15 is 0 Å². The van der Waals surface area contributed by atoms with E-state index in [1.807, 2.05) is 52.0 Å². The molecule has 1 unspecified atom stereocenters. The number of amides is 1. The standard InChI is InChI=1S/C20H23N3O2S/c1-10(2)18-22-19-16(20(25)23(18)12(4)17(21)24)15(13(5)26-19)14-8-6-11(3)7-9-14/h6-10,12H,1-5H3,(H2,21,24). The molecule has 2 heterocycles. The summed E-state index contributed by atoms with van der Waals surface area (Å²) in [5, 5.41) is 0.564. The fourth-order valence-corrected chi connectivity index (χ4v) is 4.21. The van der Waals surface area contributed by atoms with Gasteiger partial charge in [-0.25, -0.2) is 4.98 Å². The summed E-state index contributed by atoms with van der Waals surface area (Å²) in [7, 11) is 0. The normalized spacial score (nSPS) is 12.7. The molecule has 0 aliphatic rings. The van der Waals surface area contributed by atoms with Crippen LogP contribution in [0, 0.1) is 13.8 Å². The molecular weight excluding hydrogens is 346 g/mol. The first-order valence-corrected chi connectivity index (χ1v) is 9.46. The topological polar surface area (TPSA) is 78.0 Å². The number of aryl methyl sites for hydroxylation is 2. The zero-order valence-electron chi connectivity index (χ0n) is 15.7. The van der Waals surface area contributed by atoms with Gasteiger partial charge in [-0.15, -0.1) is 11.3 Å². The van der Waals surface area contributed by atoms with E-state index in [1.54, 1.807) is 6.92 Å². The van der Waals surface area contributed by atoms with E-state index in [-0.39, 0.29) is 11.5 Å². The summed E-state index contributed by atoms with van der Waals surface area (Å²) in [5.74, 6) is 0.0450. The Morgan fingerprint density at radius 2 is 1.77 bits per heavy atom. The summed E-state index contributed by atoms with van der Waals surface area (Å²) < 4.78 is 1.46. The highest BCUT2D eigenvalue weighted by molar-refractivity contribution is 7.19. The quantitative estimate of drug-likeness (QED) is 0.757. The molecule has 0 saturated carbocycles. The number of rotatable bonds is 4. The van der Waals surface area contributed by atoms with E-state index in [0.29, 0.717) is 16.0 Å². The van der Waals surface area contributed by atoms with Crippen LogP contribution in [0.3, 0.4) is 0 Å². The maximum atomic E-state index is 13.4. The van der Waals surface area contributed by atoms with Crippen molar-refractivity contribution in [2.45, 2.75) is 46.6 Å². The average Bonchev–Trinajstić information content (AvgIpc) is 2.91. The summed E-state index contributed by atoms with van der Waals surface area (Å²) >= 11 is 1.51. The van der Waals surface area contributed by atoms with Crippen molar-refractivity contribution in [3.63, 3.8) is 0 Å². The van der Waals surface area contributed by atoms with Crippen molar-refractivity contribution in [2.24, 2.45) is 5.73 Å². The lowest BCUT2D eigenvalue weighted by molar-refractivity contribution is -0.120. The van der Waals surface area contributed by atoms with Gasteiger partial charge in [0, 0.05) is 16.4 Å². The summed E-state index contributed by atoms with van der Waals surface area (Å²) in [6.45, 7) is 9.59. The Bertz CT molecular complexity index is 1050. The van der Waals surface area contributed by atoms with E-state index < -0.39 is 11.9 Å². The third kappa shape index (κ3) is 2.94. The second-order valence-corrected chi connectivity index (χ2v) is 8.16. The molecule has 1 amide bonds. The van der Waals surface area contributed by atoms with Gasteiger partial charge in [-0.1, -0.05) is 43.7 Å². The summed E-state index contributed by atoms with van der Waals surface area (Å²) in [5.41, 5.74) is 8.32. The maximum Gasteiger partial charge on any atom is 0.263 e. The van der Waals surface area contributed by atoms with Crippen LogP contribution in [-0.2, 0) is 4.79 Å². The smallest absolute Gasteiger partial charge is 0.263 e. The number of hydrogen-bond donors (Lipinski definition) is 1. The molecule has 0 aliphatic carbocycles. The first-order valence-electron chi connectivity index (χ1n) is 8.64. The molecule has 3 aromatic rings. The monoisotopic (exact) mass is 369 g/mol.